The maximum atomic E-state index is 10.6. The zero-order chi connectivity index (χ0) is 13.0. The average molecular weight is 315 g/mol. The first-order valence-electron chi connectivity index (χ1n) is 6.25. The van der Waals surface area contributed by atoms with Crippen LogP contribution in [0.3, 0.4) is 0 Å². The van der Waals surface area contributed by atoms with E-state index in [1.54, 1.807) is 7.11 Å². The molecule has 0 radical (unpaired) electrons. The van der Waals surface area contributed by atoms with Gasteiger partial charge in [-0.3, -0.25) is 0 Å². The van der Waals surface area contributed by atoms with Crippen LogP contribution in [0.5, 0.6) is 5.75 Å². The molecule has 0 spiro atoms. The van der Waals surface area contributed by atoms with Gasteiger partial charge in [0, 0.05) is 19.6 Å². The lowest BCUT2D eigenvalue weighted by molar-refractivity contribution is 0.0188. The fourth-order valence-electron chi connectivity index (χ4n) is 2.37. The molecule has 18 heavy (non-hydrogen) atoms. The minimum absolute atomic E-state index is 0.634. The van der Waals surface area contributed by atoms with Gasteiger partial charge in [-0.2, -0.15) is 0 Å². The molecule has 1 heterocycles. The molecule has 2 rings (SSSR count). The van der Waals surface area contributed by atoms with Gasteiger partial charge in [-0.05, 0) is 52.9 Å². The summed E-state index contributed by atoms with van der Waals surface area (Å²) in [4.78, 5) is 0. The Morgan fingerprint density at radius 3 is 2.94 bits per heavy atom. The predicted molar refractivity (Wildman–Crippen MR) is 74.0 cm³/mol. The number of halogens is 1. The van der Waals surface area contributed by atoms with Gasteiger partial charge in [0.25, 0.3) is 0 Å². The Bertz CT molecular complexity index is 398. The standard InChI is InChI=1S/C14H19BrO3/c1-17-13-4-3-11(9-12(13)15)10-14(16)5-2-7-18-8-6-14/h3-4,9,16H,2,5-8,10H2,1H3. The lowest BCUT2D eigenvalue weighted by Gasteiger charge is -2.26. The monoisotopic (exact) mass is 314 g/mol. The van der Waals surface area contributed by atoms with Gasteiger partial charge in [0.2, 0.25) is 0 Å². The summed E-state index contributed by atoms with van der Waals surface area (Å²) >= 11 is 3.47. The van der Waals surface area contributed by atoms with E-state index < -0.39 is 5.60 Å². The maximum absolute atomic E-state index is 10.6. The Morgan fingerprint density at radius 2 is 2.22 bits per heavy atom. The van der Waals surface area contributed by atoms with Gasteiger partial charge in [-0.25, -0.2) is 0 Å². The van der Waals surface area contributed by atoms with Crippen molar-refractivity contribution in [2.75, 3.05) is 20.3 Å². The largest absolute Gasteiger partial charge is 0.496 e. The molecule has 0 aliphatic carbocycles. The molecule has 0 aromatic heterocycles. The molecule has 0 bridgehead atoms. The molecule has 1 atom stereocenters. The summed E-state index contributed by atoms with van der Waals surface area (Å²) in [5.74, 6) is 0.815. The highest BCUT2D eigenvalue weighted by Gasteiger charge is 2.28. The SMILES string of the molecule is COc1ccc(CC2(O)CCCOCC2)cc1Br. The van der Waals surface area contributed by atoms with Crippen LogP contribution in [-0.4, -0.2) is 31.0 Å². The first-order chi connectivity index (χ1) is 8.63. The van der Waals surface area contributed by atoms with Crippen molar-refractivity contribution >= 4 is 15.9 Å². The maximum Gasteiger partial charge on any atom is 0.133 e. The highest BCUT2D eigenvalue weighted by atomic mass is 79.9. The van der Waals surface area contributed by atoms with Crippen molar-refractivity contribution in [1.82, 2.24) is 0 Å². The number of rotatable bonds is 3. The Morgan fingerprint density at radius 1 is 1.39 bits per heavy atom. The van der Waals surface area contributed by atoms with Crippen LogP contribution in [0, 0.1) is 0 Å². The van der Waals surface area contributed by atoms with Crippen LogP contribution >= 0.6 is 15.9 Å². The average Bonchev–Trinajstić information content (AvgIpc) is 2.54. The molecule has 1 aliphatic heterocycles. The summed E-state index contributed by atoms with van der Waals surface area (Å²) in [6.07, 6.45) is 3.10. The molecule has 4 heteroatoms. The van der Waals surface area contributed by atoms with E-state index >= 15 is 0 Å². The number of hydrogen-bond acceptors (Lipinski definition) is 3. The van der Waals surface area contributed by atoms with Gasteiger partial charge < -0.3 is 14.6 Å². The van der Waals surface area contributed by atoms with Crippen molar-refractivity contribution < 1.29 is 14.6 Å². The second kappa shape index (κ2) is 6.04. The van der Waals surface area contributed by atoms with Crippen LogP contribution in [0.2, 0.25) is 0 Å². The van der Waals surface area contributed by atoms with Gasteiger partial charge >= 0.3 is 0 Å². The highest BCUT2D eigenvalue weighted by Crippen LogP contribution is 2.30. The van der Waals surface area contributed by atoms with E-state index in [0.717, 1.165) is 35.2 Å². The van der Waals surface area contributed by atoms with E-state index in [2.05, 4.69) is 15.9 Å². The first-order valence-corrected chi connectivity index (χ1v) is 7.05. The van der Waals surface area contributed by atoms with Gasteiger partial charge in [0.1, 0.15) is 5.75 Å². The molecular formula is C14H19BrO3. The molecule has 100 valence electrons. The molecule has 1 aliphatic rings. The second-order valence-electron chi connectivity index (χ2n) is 4.84. The molecule has 1 unspecified atom stereocenters. The van der Waals surface area contributed by atoms with Crippen molar-refractivity contribution in [1.29, 1.82) is 0 Å². The predicted octanol–water partition coefficient (Wildman–Crippen LogP) is 2.93. The number of hydrogen-bond donors (Lipinski definition) is 1. The smallest absolute Gasteiger partial charge is 0.133 e. The number of aliphatic hydroxyl groups is 1. The summed E-state index contributed by atoms with van der Waals surface area (Å²) in [7, 11) is 1.65. The van der Waals surface area contributed by atoms with E-state index in [0.29, 0.717) is 19.4 Å². The molecule has 1 saturated heterocycles. The molecule has 1 N–H and O–H groups in total. The first kappa shape index (κ1) is 13.8. The van der Waals surface area contributed by atoms with E-state index in [4.69, 9.17) is 9.47 Å². The number of benzene rings is 1. The molecule has 3 nitrogen and oxygen atoms in total. The summed E-state index contributed by atoms with van der Waals surface area (Å²) < 4.78 is 11.5. The van der Waals surface area contributed by atoms with Gasteiger partial charge in [0.05, 0.1) is 17.2 Å². The zero-order valence-electron chi connectivity index (χ0n) is 10.6. The fraction of sp³-hybridized carbons (Fsp3) is 0.571. The lowest BCUT2D eigenvalue weighted by atomic mass is 9.88. The normalized spacial score (nSPS) is 24.6. The lowest BCUT2D eigenvalue weighted by Crippen LogP contribution is -2.31. The molecule has 0 amide bonds. The third kappa shape index (κ3) is 3.46. The van der Waals surface area contributed by atoms with Crippen LogP contribution in [0.4, 0.5) is 0 Å². The fourth-order valence-corrected chi connectivity index (χ4v) is 2.96. The molecule has 1 fully saturated rings. The Hall–Kier alpha value is -0.580. The van der Waals surface area contributed by atoms with Crippen molar-refractivity contribution in [2.24, 2.45) is 0 Å². The van der Waals surface area contributed by atoms with E-state index in [9.17, 15) is 5.11 Å². The summed E-state index contributed by atoms with van der Waals surface area (Å²) in [5, 5.41) is 10.6. The van der Waals surface area contributed by atoms with Crippen LogP contribution in [0.25, 0.3) is 0 Å². The van der Waals surface area contributed by atoms with Crippen LogP contribution in [-0.2, 0) is 11.2 Å². The molecule has 0 saturated carbocycles. The van der Waals surface area contributed by atoms with E-state index in [1.807, 2.05) is 18.2 Å². The highest BCUT2D eigenvalue weighted by molar-refractivity contribution is 9.10. The number of methoxy groups -OCH3 is 1. The van der Waals surface area contributed by atoms with Crippen molar-refractivity contribution in [3.8, 4) is 5.75 Å². The second-order valence-corrected chi connectivity index (χ2v) is 5.69. The topological polar surface area (TPSA) is 38.7 Å². The van der Waals surface area contributed by atoms with Crippen molar-refractivity contribution in [2.45, 2.75) is 31.3 Å². The van der Waals surface area contributed by atoms with Crippen LogP contribution in [0.1, 0.15) is 24.8 Å². The Kier molecular flexibility index (Phi) is 4.65. The van der Waals surface area contributed by atoms with Gasteiger partial charge in [0.15, 0.2) is 0 Å². The third-order valence-corrected chi connectivity index (χ3v) is 4.01. The Labute approximate surface area is 116 Å². The Balaban J connectivity index is 2.10. The van der Waals surface area contributed by atoms with E-state index in [1.165, 1.54) is 0 Å². The molecule has 1 aromatic rings. The minimum atomic E-state index is -0.634. The van der Waals surface area contributed by atoms with Gasteiger partial charge in [-0.15, -0.1) is 0 Å². The van der Waals surface area contributed by atoms with Gasteiger partial charge in [-0.1, -0.05) is 6.07 Å². The van der Waals surface area contributed by atoms with Crippen molar-refractivity contribution in [3.05, 3.63) is 28.2 Å². The quantitative estimate of drug-likeness (QED) is 0.932. The van der Waals surface area contributed by atoms with Crippen LogP contribution in [0.15, 0.2) is 22.7 Å². The summed E-state index contributed by atoms with van der Waals surface area (Å²) in [6.45, 7) is 1.41. The number of ether oxygens (including phenoxy) is 2. The zero-order valence-corrected chi connectivity index (χ0v) is 12.2. The van der Waals surface area contributed by atoms with E-state index in [-0.39, 0.29) is 0 Å². The third-order valence-electron chi connectivity index (χ3n) is 3.39. The summed E-state index contributed by atoms with van der Waals surface area (Å²) in [6, 6.07) is 5.95. The molecular weight excluding hydrogens is 296 g/mol. The molecule has 1 aromatic carbocycles. The van der Waals surface area contributed by atoms with Crippen LogP contribution < -0.4 is 4.74 Å². The minimum Gasteiger partial charge on any atom is -0.496 e. The van der Waals surface area contributed by atoms with Crippen molar-refractivity contribution in [3.63, 3.8) is 0 Å². The summed E-state index contributed by atoms with van der Waals surface area (Å²) in [5.41, 5.74) is 0.483.